The normalized spacial score (nSPS) is 26.1. The first-order chi connectivity index (χ1) is 9.38. The Hall–Kier alpha value is -0.840. The number of benzene rings is 1. The van der Waals surface area contributed by atoms with Gasteiger partial charge >= 0.3 is 0 Å². The van der Waals surface area contributed by atoms with Crippen molar-refractivity contribution >= 4 is 23.1 Å². The second kappa shape index (κ2) is 4.62. The maximum Gasteiger partial charge on any atom is 0.117 e. The number of fused-ring (bicyclic) bond motifs is 1. The van der Waals surface area contributed by atoms with Gasteiger partial charge in [0.25, 0.3) is 0 Å². The molecule has 0 amide bonds. The molecule has 4 heteroatoms. The van der Waals surface area contributed by atoms with E-state index in [1.807, 2.05) is 18.0 Å². The Balaban J connectivity index is 1.87. The van der Waals surface area contributed by atoms with E-state index in [4.69, 9.17) is 0 Å². The third-order valence-corrected chi connectivity index (χ3v) is 5.92. The predicted octanol–water partition coefficient (Wildman–Crippen LogP) is 3.63. The van der Waals surface area contributed by atoms with Crippen molar-refractivity contribution in [2.45, 2.75) is 35.7 Å². The summed E-state index contributed by atoms with van der Waals surface area (Å²) in [4.78, 5) is 6.05. The highest BCUT2D eigenvalue weighted by molar-refractivity contribution is 7.99. The standard InChI is InChI=1S/C15H16N2S2/c1-2-4-13-12(3-1)15(7-9-18-13,17-11-5-6-11)14-16-8-10-19-14/h1-4,8,10-11,17H,5-7,9H2. The minimum Gasteiger partial charge on any atom is -0.299 e. The van der Waals surface area contributed by atoms with Crippen molar-refractivity contribution < 1.29 is 0 Å². The molecule has 0 radical (unpaired) electrons. The third-order valence-electron chi connectivity index (χ3n) is 3.91. The Kier molecular flexibility index (Phi) is 2.90. The van der Waals surface area contributed by atoms with Gasteiger partial charge in [-0.1, -0.05) is 18.2 Å². The molecule has 1 aromatic carbocycles. The van der Waals surface area contributed by atoms with Crippen LogP contribution in [0.15, 0.2) is 40.7 Å². The molecule has 2 aliphatic rings. The number of thiazole rings is 1. The van der Waals surface area contributed by atoms with E-state index in [0.717, 1.165) is 12.2 Å². The average Bonchev–Trinajstić information content (AvgIpc) is 3.08. The summed E-state index contributed by atoms with van der Waals surface area (Å²) in [7, 11) is 0. The molecule has 1 aliphatic heterocycles. The Morgan fingerprint density at radius 2 is 2.16 bits per heavy atom. The topological polar surface area (TPSA) is 24.9 Å². The van der Waals surface area contributed by atoms with Crippen LogP contribution >= 0.6 is 23.1 Å². The fourth-order valence-electron chi connectivity index (χ4n) is 2.84. The van der Waals surface area contributed by atoms with Gasteiger partial charge < -0.3 is 0 Å². The molecule has 1 atom stereocenters. The lowest BCUT2D eigenvalue weighted by molar-refractivity contribution is 0.374. The quantitative estimate of drug-likeness (QED) is 0.933. The maximum atomic E-state index is 4.64. The van der Waals surface area contributed by atoms with E-state index >= 15 is 0 Å². The van der Waals surface area contributed by atoms with Crippen LogP contribution in [0.25, 0.3) is 0 Å². The number of aromatic nitrogens is 1. The van der Waals surface area contributed by atoms with Crippen molar-refractivity contribution in [2.24, 2.45) is 0 Å². The molecule has 19 heavy (non-hydrogen) atoms. The fourth-order valence-corrected chi connectivity index (χ4v) is 4.88. The van der Waals surface area contributed by atoms with Crippen LogP contribution in [0.2, 0.25) is 0 Å². The van der Waals surface area contributed by atoms with Crippen molar-refractivity contribution in [3.8, 4) is 0 Å². The summed E-state index contributed by atoms with van der Waals surface area (Å²) in [6.07, 6.45) is 5.68. The summed E-state index contributed by atoms with van der Waals surface area (Å²) in [5.41, 5.74) is 1.38. The average molecular weight is 288 g/mol. The Morgan fingerprint density at radius 1 is 1.26 bits per heavy atom. The summed E-state index contributed by atoms with van der Waals surface area (Å²) in [5, 5.41) is 7.22. The SMILES string of the molecule is c1ccc2c(c1)SCCC2(NC1CC1)c1nccs1. The lowest BCUT2D eigenvalue weighted by atomic mass is 9.87. The smallest absolute Gasteiger partial charge is 0.117 e. The maximum absolute atomic E-state index is 4.64. The van der Waals surface area contributed by atoms with Gasteiger partial charge in [0.2, 0.25) is 0 Å². The van der Waals surface area contributed by atoms with Gasteiger partial charge in [-0.25, -0.2) is 4.98 Å². The molecule has 1 N–H and O–H groups in total. The summed E-state index contributed by atoms with van der Waals surface area (Å²) >= 11 is 3.75. The number of thioether (sulfide) groups is 1. The molecule has 2 aromatic rings. The zero-order chi connectivity index (χ0) is 12.7. The molecule has 0 spiro atoms. The van der Waals surface area contributed by atoms with Crippen LogP contribution in [-0.4, -0.2) is 16.8 Å². The highest BCUT2D eigenvalue weighted by atomic mass is 32.2. The van der Waals surface area contributed by atoms with Crippen LogP contribution in [0.5, 0.6) is 0 Å². The summed E-state index contributed by atoms with van der Waals surface area (Å²) in [6.45, 7) is 0. The molecule has 1 unspecified atom stereocenters. The fraction of sp³-hybridized carbons (Fsp3) is 0.400. The van der Waals surface area contributed by atoms with Crippen molar-refractivity contribution in [3.05, 3.63) is 46.4 Å². The van der Waals surface area contributed by atoms with Gasteiger partial charge in [-0.3, -0.25) is 5.32 Å². The monoisotopic (exact) mass is 288 g/mol. The van der Waals surface area contributed by atoms with Gasteiger partial charge in [0, 0.05) is 28.3 Å². The van der Waals surface area contributed by atoms with E-state index in [2.05, 4.69) is 39.9 Å². The van der Waals surface area contributed by atoms with Crippen LogP contribution in [0.1, 0.15) is 29.8 Å². The zero-order valence-corrected chi connectivity index (χ0v) is 12.3. The molecular weight excluding hydrogens is 272 g/mol. The largest absolute Gasteiger partial charge is 0.299 e. The predicted molar refractivity (Wildman–Crippen MR) is 80.8 cm³/mol. The van der Waals surface area contributed by atoms with Crippen LogP contribution < -0.4 is 5.32 Å². The first-order valence-corrected chi connectivity index (χ1v) is 8.65. The van der Waals surface area contributed by atoms with E-state index < -0.39 is 0 Å². The van der Waals surface area contributed by atoms with Crippen LogP contribution in [0.4, 0.5) is 0 Å². The van der Waals surface area contributed by atoms with Crippen molar-refractivity contribution in [1.82, 2.24) is 10.3 Å². The first kappa shape index (κ1) is 11.9. The van der Waals surface area contributed by atoms with Gasteiger partial charge in [0.1, 0.15) is 5.01 Å². The molecule has 1 saturated carbocycles. The molecule has 1 aliphatic carbocycles. The van der Waals surface area contributed by atoms with Crippen molar-refractivity contribution in [1.29, 1.82) is 0 Å². The van der Waals surface area contributed by atoms with E-state index in [1.54, 1.807) is 11.3 Å². The second-order valence-corrected chi connectivity index (χ2v) is 7.29. The number of rotatable bonds is 3. The molecule has 2 heterocycles. The minimum atomic E-state index is -0.0445. The molecule has 4 rings (SSSR count). The van der Waals surface area contributed by atoms with Gasteiger partial charge in [-0.05, 0) is 30.9 Å². The molecule has 1 fully saturated rings. The summed E-state index contributed by atoms with van der Waals surface area (Å²) < 4.78 is 0. The van der Waals surface area contributed by atoms with E-state index in [1.165, 1.54) is 28.3 Å². The molecular formula is C15H16N2S2. The minimum absolute atomic E-state index is 0.0445. The Labute approximate surface area is 121 Å². The van der Waals surface area contributed by atoms with Crippen LogP contribution in [0.3, 0.4) is 0 Å². The van der Waals surface area contributed by atoms with E-state index in [9.17, 15) is 0 Å². The number of hydrogen-bond acceptors (Lipinski definition) is 4. The van der Waals surface area contributed by atoms with Gasteiger partial charge in [-0.15, -0.1) is 23.1 Å². The highest BCUT2D eigenvalue weighted by Gasteiger charge is 2.43. The second-order valence-electron chi connectivity index (χ2n) is 5.26. The number of nitrogens with one attached hydrogen (secondary N) is 1. The molecule has 98 valence electrons. The lowest BCUT2D eigenvalue weighted by Gasteiger charge is -2.38. The summed E-state index contributed by atoms with van der Waals surface area (Å²) in [5.74, 6) is 1.16. The highest BCUT2D eigenvalue weighted by Crippen LogP contribution is 2.46. The Bertz CT molecular complexity index is 578. The molecule has 2 nitrogen and oxygen atoms in total. The van der Waals surface area contributed by atoms with Crippen molar-refractivity contribution in [2.75, 3.05) is 5.75 Å². The number of hydrogen-bond donors (Lipinski definition) is 1. The summed E-state index contributed by atoms with van der Waals surface area (Å²) in [6, 6.07) is 9.50. The lowest BCUT2D eigenvalue weighted by Crippen LogP contribution is -2.46. The van der Waals surface area contributed by atoms with Gasteiger partial charge in [0.15, 0.2) is 0 Å². The zero-order valence-electron chi connectivity index (χ0n) is 10.6. The van der Waals surface area contributed by atoms with E-state index in [-0.39, 0.29) is 5.54 Å². The Morgan fingerprint density at radius 3 is 2.95 bits per heavy atom. The van der Waals surface area contributed by atoms with Crippen LogP contribution in [-0.2, 0) is 5.54 Å². The van der Waals surface area contributed by atoms with Crippen molar-refractivity contribution in [3.63, 3.8) is 0 Å². The van der Waals surface area contributed by atoms with Crippen LogP contribution in [0, 0.1) is 0 Å². The third kappa shape index (κ3) is 2.02. The van der Waals surface area contributed by atoms with E-state index in [0.29, 0.717) is 6.04 Å². The first-order valence-electron chi connectivity index (χ1n) is 6.78. The number of nitrogens with zero attached hydrogens (tertiary/aromatic N) is 1. The molecule has 0 bridgehead atoms. The molecule has 0 saturated heterocycles. The van der Waals surface area contributed by atoms with Gasteiger partial charge in [-0.2, -0.15) is 0 Å². The molecule has 1 aromatic heterocycles. The van der Waals surface area contributed by atoms with Gasteiger partial charge in [0.05, 0.1) is 5.54 Å².